The molecule has 0 unspecified atom stereocenters. The Labute approximate surface area is 116 Å². The monoisotopic (exact) mass is 282 g/mol. The SMILES string of the molecule is CC(=NO)c1cc(CN2CCOCC2)c(O)c(O)c1O. The summed E-state index contributed by atoms with van der Waals surface area (Å²) in [6.07, 6.45) is 0. The fourth-order valence-corrected chi connectivity index (χ4v) is 2.15. The predicted molar refractivity (Wildman–Crippen MR) is 71.5 cm³/mol. The molecule has 0 radical (unpaired) electrons. The quantitative estimate of drug-likeness (QED) is 0.283. The first-order valence-corrected chi connectivity index (χ1v) is 6.30. The standard InChI is InChI=1S/C13H18N2O5/c1-8(14-19)10-6-9(11(16)13(18)12(10)17)7-15-2-4-20-5-3-15/h6,16-19H,2-5,7H2,1H3. The zero-order chi connectivity index (χ0) is 14.7. The number of phenolic OH excluding ortho intramolecular Hbond substituents is 3. The van der Waals surface area contributed by atoms with Crippen molar-refractivity contribution < 1.29 is 25.3 Å². The lowest BCUT2D eigenvalue weighted by Gasteiger charge is -2.27. The minimum Gasteiger partial charge on any atom is -0.504 e. The number of oxime groups is 1. The summed E-state index contributed by atoms with van der Waals surface area (Å²) in [6, 6.07) is 1.51. The molecule has 7 heteroatoms. The molecular weight excluding hydrogens is 264 g/mol. The summed E-state index contributed by atoms with van der Waals surface area (Å²) in [5.41, 5.74) is 0.798. The molecule has 1 aliphatic rings. The Balaban J connectivity index is 2.34. The summed E-state index contributed by atoms with van der Waals surface area (Å²) in [7, 11) is 0. The van der Waals surface area contributed by atoms with Gasteiger partial charge >= 0.3 is 0 Å². The van der Waals surface area contributed by atoms with Gasteiger partial charge in [-0.25, -0.2) is 0 Å². The minimum absolute atomic E-state index is 0.154. The fourth-order valence-electron chi connectivity index (χ4n) is 2.15. The van der Waals surface area contributed by atoms with Crippen LogP contribution in [0.1, 0.15) is 18.1 Å². The van der Waals surface area contributed by atoms with E-state index in [1.807, 2.05) is 0 Å². The third-order valence-electron chi connectivity index (χ3n) is 3.36. The van der Waals surface area contributed by atoms with Crippen LogP contribution < -0.4 is 0 Å². The molecule has 2 rings (SSSR count). The van der Waals surface area contributed by atoms with Crippen molar-refractivity contribution in [2.45, 2.75) is 13.5 Å². The van der Waals surface area contributed by atoms with E-state index in [-0.39, 0.29) is 17.0 Å². The van der Waals surface area contributed by atoms with E-state index in [2.05, 4.69) is 10.1 Å². The van der Waals surface area contributed by atoms with Gasteiger partial charge in [-0.1, -0.05) is 5.16 Å². The highest BCUT2D eigenvalue weighted by Crippen LogP contribution is 2.41. The molecule has 1 heterocycles. The third-order valence-corrected chi connectivity index (χ3v) is 3.36. The van der Waals surface area contributed by atoms with Gasteiger partial charge in [-0.3, -0.25) is 4.90 Å². The highest BCUT2D eigenvalue weighted by Gasteiger charge is 2.20. The number of nitrogens with zero attached hydrogens (tertiary/aromatic N) is 2. The lowest BCUT2D eigenvalue weighted by atomic mass is 10.0. The van der Waals surface area contributed by atoms with Crippen molar-refractivity contribution in [1.82, 2.24) is 4.90 Å². The van der Waals surface area contributed by atoms with Gasteiger partial charge in [0.25, 0.3) is 0 Å². The highest BCUT2D eigenvalue weighted by atomic mass is 16.5. The first-order chi connectivity index (χ1) is 9.54. The van der Waals surface area contributed by atoms with Gasteiger partial charge in [0.1, 0.15) is 0 Å². The summed E-state index contributed by atoms with van der Waals surface area (Å²) in [6.45, 7) is 4.59. The zero-order valence-corrected chi connectivity index (χ0v) is 11.2. The van der Waals surface area contributed by atoms with Gasteiger partial charge in [-0.15, -0.1) is 0 Å². The summed E-state index contributed by atoms with van der Waals surface area (Å²) in [5.74, 6) is -1.46. The van der Waals surface area contributed by atoms with E-state index in [9.17, 15) is 15.3 Å². The molecule has 0 saturated carbocycles. The van der Waals surface area contributed by atoms with Gasteiger partial charge in [0, 0.05) is 30.8 Å². The van der Waals surface area contributed by atoms with Crippen LogP contribution in [-0.4, -0.2) is 57.4 Å². The molecule has 0 atom stereocenters. The van der Waals surface area contributed by atoms with Gasteiger partial charge in [-0.05, 0) is 13.0 Å². The van der Waals surface area contributed by atoms with Crippen LogP contribution in [0.3, 0.4) is 0 Å². The number of rotatable bonds is 3. The third kappa shape index (κ3) is 2.78. The van der Waals surface area contributed by atoms with Crippen molar-refractivity contribution in [3.05, 3.63) is 17.2 Å². The van der Waals surface area contributed by atoms with E-state index in [0.717, 1.165) is 13.1 Å². The molecule has 110 valence electrons. The van der Waals surface area contributed by atoms with Gasteiger partial charge < -0.3 is 25.3 Å². The number of benzene rings is 1. The fraction of sp³-hybridized carbons (Fsp3) is 0.462. The second-order valence-electron chi connectivity index (χ2n) is 4.70. The number of aromatic hydroxyl groups is 3. The molecule has 1 aromatic rings. The Kier molecular flexibility index (Phi) is 4.31. The van der Waals surface area contributed by atoms with Crippen LogP contribution in [0.15, 0.2) is 11.2 Å². The van der Waals surface area contributed by atoms with Gasteiger partial charge in [0.15, 0.2) is 11.5 Å². The Morgan fingerprint density at radius 3 is 2.45 bits per heavy atom. The Morgan fingerprint density at radius 2 is 1.85 bits per heavy atom. The van der Waals surface area contributed by atoms with Crippen molar-refractivity contribution in [1.29, 1.82) is 0 Å². The first kappa shape index (κ1) is 14.4. The van der Waals surface area contributed by atoms with Crippen LogP contribution in [0, 0.1) is 0 Å². The Morgan fingerprint density at radius 1 is 1.20 bits per heavy atom. The number of morpholine rings is 1. The van der Waals surface area contributed by atoms with Crippen molar-refractivity contribution >= 4 is 5.71 Å². The summed E-state index contributed by atoms with van der Waals surface area (Å²) in [4.78, 5) is 2.06. The molecule has 0 aromatic heterocycles. The summed E-state index contributed by atoms with van der Waals surface area (Å²) >= 11 is 0. The first-order valence-electron chi connectivity index (χ1n) is 6.30. The average molecular weight is 282 g/mol. The van der Waals surface area contributed by atoms with Crippen molar-refractivity contribution in [2.24, 2.45) is 5.16 Å². The molecule has 0 amide bonds. The van der Waals surface area contributed by atoms with Gasteiger partial charge in [-0.2, -0.15) is 0 Å². The Bertz CT molecular complexity index is 524. The van der Waals surface area contributed by atoms with E-state index in [0.29, 0.717) is 25.3 Å². The van der Waals surface area contributed by atoms with E-state index in [1.165, 1.54) is 13.0 Å². The van der Waals surface area contributed by atoms with Gasteiger partial charge in [0.05, 0.1) is 18.9 Å². The maximum absolute atomic E-state index is 9.92. The smallest absolute Gasteiger partial charge is 0.201 e. The van der Waals surface area contributed by atoms with E-state index in [4.69, 9.17) is 9.94 Å². The van der Waals surface area contributed by atoms with Crippen LogP contribution >= 0.6 is 0 Å². The van der Waals surface area contributed by atoms with Crippen molar-refractivity contribution in [3.8, 4) is 17.2 Å². The molecule has 20 heavy (non-hydrogen) atoms. The topological polar surface area (TPSA) is 106 Å². The number of ether oxygens (including phenoxy) is 1. The normalized spacial score (nSPS) is 17.4. The lowest BCUT2D eigenvalue weighted by molar-refractivity contribution is 0.0338. The molecule has 0 bridgehead atoms. The molecule has 1 saturated heterocycles. The molecule has 7 nitrogen and oxygen atoms in total. The highest BCUT2D eigenvalue weighted by molar-refractivity contribution is 6.02. The Hall–Kier alpha value is -1.99. The van der Waals surface area contributed by atoms with E-state index in [1.54, 1.807) is 0 Å². The molecule has 1 fully saturated rings. The van der Waals surface area contributed by atoms with Crippen LogP contribution in [-0.2, 0) is 11.3 Å². The number of phenols is 3. The largest absolute Gasteiger partial charge is 0.504 e. The number of hydrogen-bond donors (Lipinski definition) is 4. The molecule has 1 aliphatic heterocycles. The van der Waals surface area contributed by atoms with Crippen LogP contribution in [0.4, 0.5) is 0 Å². The molecule has 4 N–H and O–H groups in total. The lowest BCUT2D eigenvalue weighted by Crippen LogP contribution is -2.35. The zero-order valence-electron chi connectivity index (χ0n) is 11.2. The number of hydrogen-bond acceptors (Lipinski definition) is 7. The maximum Gasteiger partial charge on any atom is 0.201 e. The summed E-state index contributed by atoms with van der Waals surface area (Å²) in [5, 5.41) is 41.3. The van der Waals surface area contributed by atoms with E-state index >= 15 is 0 Å². The van der Waals surface area contributed by atoms with Crippen LogP contribution in [0.2, 0.25) is 0 Å². The predicted octanol–water partition coefficient (Wildman–Crippen LogP) is 0.834. The summed E-state index contributed by atoms with van der Waals surface area (Å²) < 4.78 is 5.24. The second kappa shape index (κ2) is 5.98. The van der Waals surface area contributed by atoms with E-state index < -0.39 is 11.5 Å². The molecular formula is C13H18N2O5. The second-order valence-corrected chi connectivity index (χ2v) is 4.70. The molecule has 0 spiro atoms. The van der Waals surface area contributed by atoms with Crippen LogP contribution in [0.25, 0.3) is 0 Å². The average Bonchev–Trinajstić information content (AvgIpc) is 2.48. The van der Waals surface area contributed by atoms with Crippen molar-refractivity contribution in [3.63, 3.8) is 0 Å². The molecule has 0 aliphatic carbocycles. The maximum atomic E-state index is 9.92. The van der Waals surface area contributed by atoms with Crippen molar-refractivity contribution in [2.75, 3.05) is 26.3 Å². The van der Waals surface area contributed by atoms with Gasteiger partial charge in [0.2, 0.25) is 5.75 Å². The minimum atomic E-state index is -0.603. The van der Waals surface area contributed by atoms with Crippen LogP contribution in [0.5, 0.6) is 17.2 Å². The molecule has 1 aromatic carbocycles.